The highest BCUT2D eigenvalue weighted by molar-refractivity contribution is 6.01. The lowest BCUT2D eigenvalue weighted by atomic mass is 9.98. The molecule has 0 spiro atoms. The summed E-state index contributed by atoms with van der Waals surface area (Å²) in [4.78, 5) is 13.0. The van der Waals surface area contributed by atoms with Crippen molar-refractivity contribution in [2.45, 2.75) is 38.8 Å². The summed E-state index contributed by atoms with van der Waals surface area (Å²) in [6.45, 7) is 3.20. The first-order valence-corrected chi connectivity index (χ1v) is 10.6. The van der Waals surface area contributed by atoms with Crippen LogP contribution in [0, 0.1) is 6.92 Å². The number of pyridine rings is 1. The number of rotatable bonds is 3. The highest BCUT2D eigenvalue weighted by Crippen LogP contribution is 2.36. The van der Waals surface area contributed by atoms with Crippen LogP contribution in [-0.2, 0) is 24.2 Å². The second kappa shape index (κ2) is 7.06. The molecule has 0 radical (unpaired) electrons. The van der Waals surface area contributed by atoms with Crippen LogP contribution in [0.4, 0.5) is 0 Å². The van der Waals surface area contributed by atoms with Gasteiger partial charge in [0.2, 0.25) is 0 Å². The molecule has 3 aromatic heterocycles. The summed E-state index contributed by atoms with van der Waals surface area (Å²) in [5.41, 5.74) is 8.08. The molecule has 1 aromatic carbocycles. The van der Waals surface area contributed by atoms with Crippen molar-refractivity contribution in [3.63, 3.8) is 0 Å². The van der Waals surface area contributed by atoms with E-state index in [1.54, 1.807) is 10.7 Å². The average Bonchev–Trinajstić information content (AvgIpc) is 3.50. The van der Waals surface area contributed by atoms with Crippen LogP contribution < -0.4 is 5.32 Å². The first-order valence-electron chi connectivity index (χ1n) is 10.6. The van der Waals surface area contributed by atoms with Gasteiger partial charge in [-0.05, 0) is 54.7 Å². The number of hydrogen-bond donors (Lipinski definition) is 1. The van der Waals surface area contributed by atoms with Crippen molar-refractivity contribution in [2.75, 3.05) is 6.61 Å². The Hall–Kier alpha value is -3.45. The molecule has 1 aliphatic heterocycles. The van der Waals surface area contributed by atoms with Crippen LogP contribution in [-0.4, -0.2) is 27.3 Å². The van der Waals surface area contributed by atoms with Gasteiger partial charge in [0.1, 0.15) is 12.3 Å². The number of carbonyl (C=O) groups excluding carboxylic acids is 1. The molecule has 0 bridgehead atoms. The molecule has 2 aliphatic rings. The average molecular weight is 414 g/mol. The fraction of sp³-hybridized carbons (Fsp3) is 0.292. The van der Waals surface area contributed by atoms with E-state index in [-0.39, 0.29) is 11.9 Å². The third-order valence-corrected chi connectivity index (χ3v) is 6.32. The number of aromatic nitrogens is 3. The quantitative estimate of drug-likeness (QED) is 0.552. The summed E-state index contributed by atoms with van der Waals surface area (Å²) < 4.78 is 12.7. The minimum atomic E-state index is -0.0897. The molecule has 7 nitrogen and oxygen atoms in total. The van der Waals surface area contributed by atoms with Crippen molar-refractivity contribution in [1.29, 1.82) is 0 Å². The Bertz CT molecular complexity index is 1320. The Kier molecular flexibility index (Phi) is 4.17. The Morgan fingerprint density at radius 2 is 2.16 bits per heavy atom. The number of benzene rings is 1. The van der Waals surface area contributed by atoms with E-state index in [2.05, 4.69) is 33.8 Å². The molecule has 1 amide bonds. The molecule has 0 fully saturated rings. The van der Waals surface area contributed by atoms with Gasteiger partial charge in [0.15, 0.2) is 5.76 Å². The van der Waals surface area contributed by atoms with Gasteiger partial charge in [0.25, 0.3) is 5.91 Å². The number of hydrogen-bond acceptors (Lipinski definition) is 5. The molecule has 1 aliphatic carbocycles. The highest BCUT2D eigenvalue weighted by Gasteiger charge is 2.27. The van der Waals surface area contributed by atoms with Gasteiger partial charge in [0.05, 0.1) is 29.9 Å². The van der Waals surface area contributed by atoms with Crippen LogP contribution in [0.5, 0.6) is 0 Å². The maximum atomic E-state index is 13.0. The molecule has 0 saturated heterocycles. The van der Waals surface area contributed by atoms with E-state index in [4.69, 9.17) is 9.26 Å². The normalized spacial score (nSPS) is 17.5. The molecule has 156 valence electrons. The van der Waals surface area contributed by atoms with Gasteiger partial charge in [-0.3, -0.25) is 4.79 Å². The number of aryl methyl sites for hydroxylation is 2. The zero-order valence-electron chi connectivity index (χ0n) is 17.2. The number of amides is 1. The lowest BCUT2D eigenvalue weighted by Gasteiger charge is -2.14. The van der Waals surface area contributed by atoms with E-state index in [0.29, 0.717) is 18.8 Å². The molecule has 1 atom stereocenters. The minimum Gasteiger partial charge on any atom is -0.373 e. The molecule has 0 unspecified atom stereocenters. The number of carbonyl (C=O) groups is 1. The standard InChI is InChI=1S/C24H22N4O3/c1-14-6-8-28-21(10-14)19(12-25-28)24(29)26-20-5-3-15-11-16(2-4-17(15)20)23-18-7-9-30-13-22(18)31-27-23/h2,4,6,8,10-12,20H,3,5,7,9,13H2,1H3,(H,26,29)/t20-/m1/s1. The monoisotopic (exact) mass is 414 g/mol. The van der Waals surface area contributed by atoms with Gasteiger partial charge in [-0.1, -0.05) is 17.3 Å². The van der Waals surface area contributed by atoms with Gasteiger partial charge >= 0.3 is 0 Å². The number of nitrogens with one attached hydrogen (secondary N) is 1. The molecule has 4 heterocycles. The van der Waals surface area contributed by atoms with Gasteiger partial charge < -0.3 is 14.6 Å². The van der Waals surface area contributed by atoms with Gasteiger partial charge in [-0.25, -0.2) is 4.52 Å². The summed E-state index contributed by atoms with van der Waals surface area (Å²) in [6, 6.07) is 10.3. The van der Waals surface area contributed by atoms with Gasteiger partial charge in [-0.2, -0.15) is 5.10 Å². The second-order valence-corrected chi connectivity index (χ2v) is 8.31. The number of nitrogens with zero attached hydrogens (tertiary/aromatic N) is 3. The van der Waals surface area contributed by atoms with E-state index >= 15 is 0 Å². The highest BCUT2D eigenvalue weighted by atomic mass is 16.5. The number of ether oxygens (including phenoxy) is 1. The lowest BCUT2D eigenvalue weighted by molar-refractivity contribution is 0.0894. The van der Waals surface area contributed by atoms with Crippen molar-refractivity contribution in [3.8, 4) is 11.3 Å². The molecule has 4 aromatic rings. The zero-order valence-corrected chi connectivity index (χ0v) is 17.2. The summed E-state index contributed by atoms with van der Waals surface area (Å²) in [5.74, 6) is 0.739. The SMILES string of the molecule is Cc1ccn2ncc(C(=O)N[C@@H]3CCc4cc(-c5noc6c5CCOC6)ccc43)c2c1. The maximum Gasteiger partial charge on any atom is 0.255 e. The van der Waals surface area contributed by atoms with E-state index in [1.165, 1.54) is 11.1 Å². The minimum absolute atomic E-state index is 0.00377. The molecule has 0 saturated carbocycles. The van der Waals surface area contributed by atoms with E-state index < -0.39 is 0 Å². The molecule has 1 N–H and O–H groups in total. The maximum absolute atomic E-state index is 13.0. The van der Waals surface area contributed by atoms with E-state index in [1.807, 2.05) is 25.3 Å². The van der Waals surface area contributed by atoms with Crippen molar-refractivity contribution in [1.82, 2.24) is 20.1 Å². The Morgan fingerprint density at radius 1 is 1.23 bits per heavy atom. The van der Waals surface area contributed by atoms with Crippen LogP contribution in [0.15, 0.2) is 47.2 Å². The smallest absolute Gasteiger partial charge is 0.255 e. The van der Waals surface area contributed by atoms with Gasteiger partial charge in [-0.15, -0.1) is 0 Å². The molecule has 6 rings (SSSR count). The third kappa shape index (κ3) is 3.04. The van der Waals surface area contributed by atoms with E-state index in [9.17, 15) is 4.79 Å². The largest absolute Gasteiger partial charge is 0.373 e. The molecule has 7 heteroatoms. The van der Waals surface area contributed by atoms with Crippen molar-refractivity contribution >= 4 is 11.4 Å². The zero-order chi connectivity index (χ0) is 20.9. The first-order chi connectivity index (χ1) is 15.2. The Labute approximate surface area is 179 Å². The summed E-state index contributed by atoms with van der Waals surface area (Å²) in [6.07, 6.45) is 6.14. The molecular weight excluding hydrogens is 392 g/mol. The van der Waals surface area contributed by atoms with E-state index in [0.717, 1.165) is 52.9 Å². The lowest BCUT2D eigenvalue weighted by Crippen LogP contribution is -2.27. The first kappa shape index (κ1) is 18.3. The third-order valence-electron chi connectivity index (χ3n) is 6.32. The molecular formula is C24H22N4O3. The van der Waals surface area contributed by atoms with Crippen LogP contribution in [0.1, 0.15) is 50.8 Å². The Morgan fingerprint density at radius 3 is 3.10 bits per heavy atom. The van der Waals surface area contributed by atoms with Crippen molar-refractivity contribution < 1.29 is 14.1 Å². The fourth-order valence-electron chi connectivity index (χ4n) is 4.69. The van der Waals surface area contributed by atoms with Gasteiger partial charge in [0, 0.05) is 23.7 Å². The van der Waals surface area contributed by atoms with Crippen LogP contribution >= 0.6 is 0 Å². The predicted molar refractivity (Wildman–Crippen MR) is 114 cm³/mol. The fourth-order valence-corrected chi connectivity index (χ4v) is 4.69. The summed E-state index contributed by atoms with van der Waals surface area (Å²) in [7, 11) is 0. The summed E-state index contributed by atoms with van der Waals surface area (Å²) >= 11 is 0. The topological polar surface area (TPSA) is 81.7 Å². The summed E-state index contributed by atoms with van der Waals surface area (Å²) in [5, 5.41) is 11.8. The van der Waals surface area contributed by atoms with Crippen molar-refractivity contribution in [2.24, 2.45) is 0 Å². The Balaban J connectivity index is 1.26. The van der Waals surface area contributed by atoms with Crippen molar-refractivity contribution in [3.05, 3.63) is 76.3 Å². The van der Waals surface area contributed by atoms with Crippen LogP contribution in [0.3, 0.4) is 0 Å². The van der Waals surface area contributed by atoms with Crippen LogP contribution in [0.2, 0.25) is 0 Å². The number of fused-ring (bicyclic) bond motifs is 3. The second-order valence-electron chi connectivity index (χ2n) is 8.31. The molecule has 31 heavy (non-hydrogen) atoms. The predicted octanol–water partition coefficient (Wildman–Crippen LogP) is 3.79. The van der Waals surface area contributed by atoms with Crippen LogP contribution in [0.25, 0.3) is 16.8 Å².